The summed E-state index contributed by atoms with van der Waals surface area (Å²) >= 11 is 0. The molecule has 27 heavy (non-hydrogen) atoms. The Morgan fingerprint density at radius 3 is 2.04 bits per heavy atom. The van der Waals surface area contributed by atoms with E-state index in [1.807, 2.05) is 27.7 Å². The molecule has 156 valence electrons. The molecule has 0 amide bonds. The van der Waals surface area contributed by atoms with Gasteiger partial charge in [0.1, 0.15) is 0 Å². The Bertz CT molecular complexity index is 538. The summed E-state index contributed by atoms with van der Waals surface area (Å²) in [6.07, 6.45) is 0.641. The Kier molecular flexibility index (Phi) is 10.0. The largest absolute Gasteiger partial charge is 0.416 e. The zero-order valence-electron chi connectivity index (χ0n) is 17.1. The van der Waals surface area contributed by atoms with E-state index in [0.29, 0.717) is 23.3 Å². The third-order valence-corrected chi connectivity index (χ3v) is 4.72. The Labute approximate surface area is 164 Å². The van der Waals surface area contributed by atoms with Gasteiger partial charge in [0.15, 0.2) is 10.5 Å². The molecule has 0 unspecified atom stereocenters. The maximum Gasteiger partial charge on any atom is 0.416 e. The summed E-state index contributed by atoms with van der Waals surface area (Å²) in [4.78, 5) is 0. The fourth-order valence-electron chi connectivity index (χ4n) is 2.99. The van der Waals surface area contributed by atoms with Crippen molar-refractivity contribution < 1.29 is 27.1 Å². The highest BCUT2D eigenvalue weighted by Crippen LogP contribution is 2.30. The van der Waals surface area contributed by atoms with Crippen LogP contribution in [0.2, 0.25) is 0 Å². The highest BCUT2D eigenvalue weighted by atomic mass is 28.2. The van der Waals surface area contributed by atoms with Crippen molar-refractivity contribution in [1.82, 2.24) is 0 Å². The maximum absolute atomic E-state index is 12.7. The number of hydrogen-bond donors (Lipinski definition) is 0. The third-order valence-electron chi connectivity index (χ3n) is 4.09. The lowest BCUT2D eigenvalue weighted by Crippen LogP contribution is -2.42. The fraction of sp³-hybridized carbons (Fsp3) is 0.700. The molecule has 1 aromatic carbocycles. The molecular formula is C20H33F3O3Si. The van der Waals surface area contributed by atoms with Gasteiger partial charge in [0.25, 0.3) is 5.97 Å². The number of aryl methyl sites for hydroxylation is 1. The van der Waals surface area contributed by atoms with E-state index >= 15 is 0 Å². The van der Waals surface area contributed by atoms with Crippen molar-refractivity contribution >= 4 is 10.5 Å². The molecule has 0 aliphatic carbocycles. The molecule has 0 aliphatic heterocycles. The van der Waals surface area contributed by atoms with E-state index in [2.05, 4.69) is 0 Å². The van der Waals surface area contributed by atoms with Crippen LogP contribution in [-0.4, -0.2) is 28.7 Å². The van der Waals surface area contributed by atoms with E-state index in [1.165, 1.54) is 12.1 Å². The smallest absolute Gasteiger partial charge is 0.380 e. The van der Waals surface area contributed by atoms with Crippen LogP contribution in [0.4, 0.5) is 13.2 Å². The van der Waals surface area contributed by atoms with Gasteiger partial charge in [0.05, 0.1) is 17.8 Å². The van der Waals surface area contributed by atoms with Crippen LogP contribution in [-0.2, 0) is 26.5 Å². The van der Waals surface area contributed by atoms with Crippen LogP contribution in [0.3, 0.4) is 0 Å². The molecule has 0 saturated heterocycles. The predicted octanol–water partition coefficient (Wildman–Crippen LogP) is 5.00. The monoisotopic (exact) mass is 406 g/mol. The van der Waals surface area contributed by atoms with Crippen LogP contribution in [0.25, 0.3) is 0 Å². The number of hydrogen-bond acceptors (Lipinski definition) is 3. The third kappa shape index (κ3) is 9.23. The number of rotatable bonds is 12. The van der Waals surface area contributed by atoms with E-state index in [1.54, 1.807) is 6.07 Å². The van der Waals surface area contributed by atoms with Gasteiger partial charge in [0.2, 0.25) is 0 Å². The number of halogens is 3. The molecule has 1 aromatic rings. The summed E-state index contributed by atoms with van der Waals surface area (Å²) in [5, 5.41) is 0. The highest BCUT2D eigenvalue weighted by Gasteiger charge is 2.33. The van der Waals surface area contributed by atoms with Crippen molar-refractivity contribution in [2.24, 2.45) is 0 Å². The lowest BCUT2D eigenvalue weighted by Gasteiger charge is -2.36. The van der Waals surface area contributed by atoms with Crippen LogP contribution < -0.4 is 0 Å². The van der Waals surface area contributed by atoms with Gasteiger partial charge in [-0.15, -0.1) is 0 Å². The van der Waals surface area contributed by atoms with Gasteiger partial charge in [-0.2, -0.15) is 13.2 Å². The number of benzene rings is 1. The molecule has 0 aliphatic rings. The lowest BCUT2D eigenvalue weighted by atomic mass is 10.0. The zero-order chi connectivity index (χ0) is 20.5. The summed E-state index contributed by atoms with van der Waals surface area (Å²) < 4.78 is 55.7. The zero-order valence-corrected chi connectivity index (χ0v) is 19.1. The van der Waals surface area contributed by atoms with Crippen molar-refractivity contribution in [3.05, 3.63) is 35.4 Å². The van der Waals surface area contributed by atoms with Crippen LogP contribution in [0.15, 0.2) is 24.3 Å². The van der Waals surface area contributed by atoms with Gasteiger partial charge in [-0.3, -0.25) is 0 Å². The first kappa shape index (κ1) is 24.1. The lowest BCUT2D eigenvalue weighted by molar-refractivity contribution is -0.369. The first-order chi connectivity index (χ1) is 12.6. The topological polar surface area (TPSA) is 27.7 Å². The van der Waals surface area contributed by atoms with Gasteiger partial charge in [0, 0.05) is 6.42 Å². The molecule has 0 heterocycles. The number of alkyl halides is 3. The molecule has 0 fully saturated rings. The second kappa shape index (κ2) is 11.2. The SMILES string of the molecule is CC(C)OC(CCCCCCc1cccc(C(F)(F)F)c1)(O[SiH3])OC(C)C. The molecule has 0 aromatic heterocycles. The highest BCUT2D eigenvalue weighted by molar-refractivity contribution is 5.98. The molecule has 0 N–H and O–H groups in total. The van der Waals surface area contributed by atoms with E-state index in [9.17, 15) is 13.2 Å². The molecule has 0 atom stereocenters. The van der Waals surface area contributed by atoms with Gasteiger partial charge in [-0.1, -0.05) is 31.0 Å². The van der Waals surface area contributed by atoms with Crippen molar-refractivity contribution in [1.29, 1.82) is 0 Å². The minimum Gasteiger partial charge on any atom is -0.380 e. The number of unbranched alkanes of at least 4 members (excludes halogenated alkanes) is 3. The van der Waals surface area contributed by atoms with Crippen molar-refractivity contribution in [2.75, 3.05) is 0 Å². The summed E-state index contributed by atoms with van der Waals surface area (Å²) in [5.74, 6) is -0.977. The van der Waals surface area contributed by atoms with Gasteiger partial charge >= 0.3 is 6.18 Å². The van der Waals surface area contributed by atoms with Crippen LogP contribution >= 0.6 is 0 Å². The minimum absolute atomic E-state index is 0.00129. The average molecular weight is 407 g/mol. The molecule has 0 spiro atoms. The number of ether oxygens (including phenoxy) is 2. The minimum atomic E-state index is -4.28. The van der Waals surface area contributed by atoms with Crippen molar-refractivity contribution in [2.45, 2.75) is 90.6 Å². The summed E-state index contributed by atoms with van der Waals surface area (Å²) in [7, 11) is 0.513. The molecule has 1 rings (SSSR count). The molecular weight excluding hydrogens is 373 g/mol. The summed E-state index contributed by atoms with van der Waals surface area (Å²) in [5.41, 5.74) is 0.152. The van der Waals surface area contributed by atoms with Crippen LogP contribution in [0, 0.1) is 0 Å². The normalized spacial score (nSPS) is 13.1. The Morgan fingerprint density at radius 2 is 1.52 bits per heavy atom. The molecule has 0 bridgehead atoms. The van der Waals surface area contributed by atoms with Crippen molar-refractivity contribution in [3.63, 3.8) is 0 Å². The fourth-order valence-corrected chi connectivity index (χ4v) is 3.39. The standard InChI is InChI=1S/C20H33F3O3Si/c1-15(2)24-19(26-27,25-16(3)4)13-8-6-5-7-10-17-11-9-12-18(14-17)20(21,22)23/h9,11-12,14-16H,5-8,10,13H2,1-4,27H3. The summed E-state index contributed by atoms with van der Waals surface area (Å²) in [6.45, 7) is 7.81. The quantitative estimate of drug-likeness (QED) is 0.278. The summed E-state index contributed by atoms with van der Waals surface area (Å²) in [6, 6.07) is 5.58. The molecule has 3 nitrogen and oxygen atoms in total. The predicted molar refractivity (Wildman–Crippen MR) is 104 cm³/mol. The second-order valence-corrected chi connectivity index (χ2v) is 7.74. The molecule has 0 radical (unpaired) electrons. The molecule has 7 heteroatoms. The second-order valence-electron chi connectivity index (χ2n) is 7.33. The van der Waals surface area contributed by atoms with E-state index in [0.717, 1.165) is 37.3 Å². The molecule has 0 saturated carbocycles. The maximum atomic E-state index is 12.7. The van der Waals surface area contributed by atoms with E-state index in [4.69, 9.17) is 13.9 Å². The van der Waals surface area contributed by atoms with Crippen molar-refractivity contribution in [3.8, 4) is 0 Å². The van der Waals surface area contributed by atoms with Gasteiger partial charge in [-0.05, 0) is 58.6 Å². The van der Waals surface area contributed by atoms with E-state index in [-0.39, 0.29) is 12.2 Å². The first-order valence-electron chi connectivity index (χ1n) is 9.65. The van der Waals surface area contributed by atoms with E-state index < -0.39 is 17.7 Å². The Morgan fingerprint density at radius 1 is 0.926 bits per heavy atom. The van der Waals surface area contributed by atoms with Crippen LogP contribution in [0.1, 0.15) is 70.9 Å². The average Bonchev–Trinajstić information content (AvgIpc) is 2.56. The first-order valence-corrected chi connectivity index (χ1v) is 10.5. The van der Waals surface area contributed by atoms with Gasteiger partial charge < -0.3 is 13.9 Å². The van der Waals surface area contributed by atoms with Gasteiger partial charge in [-0.25, -0.2) is 0 Å². The Balaban J connectivity index is 2.42. The Hall–Kier alpha value is -0.893. The van der Waals surface area contributed by atoms with Crippen LogP contribution in [0.5, 0.6) is 0 Å².